The molecule has 1 aromatic heterocycles. The highest BCUT2D eigenvalue weighted by Gasteiger charge is 2.40. The molecule has 3 rings (SSSR count). The van der Waals surface area contributed by atoms with Crippen LogP contribution in [-0.2, 0) is 4.79 Å². The fourth-order valence-electron chi connectivity index (χ4n) is 3.17. The second-order valence-electron chi connectivity index (χ2n) is 6.48. The van der Waals surface area contributed by atoms with Gasteiger partial charge in [0.05, 0.1) is 23.9 Å². The van der Waals surface area contributed by atoms with E-state index < -0.39 is 5.54 Å². The highest BCUT2D eigenvalue weighted by Crippen LogP contribution is 2.34. The number of aromatic nitrogens is 1. The highest BCUT2D eigenvalue weighted by molar-refractivity contribution is 5.84. The molecule has 2 heterocycles. The second-order valence-corrected chi connectivity index (χ2v) is 6.48. The van der Waals surface area contributed by atoms with E-state index in [9.17, 15) is 9.18 Å². The topological polar surface area (TPSA) is 77.2 Å². The lowest BCUT2D eigenvalue weighted by Crippen LogP contribution is -2.49. The van der Waals surface area contributed by atoms with E-state index in [0.29, 0.717) is 24.3 Å². The van der Waals surface area contributed by atoms with Crippen LogP contribution in [0.4, 0.5) is 4.39 Å². The maximum absolute atomic E-state index is 14.3. The van der Waals surface area contributed by atoms with E-state index >= 15 is 0 Å². The Morgan fingerprint density at radius 3 is 2.92 bits per heavy atom. The first-order chi connectivity index (χ1) is 11.9. The number of rotatable bonds is 5. The standard InChI is InChI=1S/C19H22FN3O2/c1-3-25-13-4-5-15(20)14(11-13)12-7-9-22-17(10-12)16-6-8-19(2,23-16)18(21)24/h4-5,7,9-11,16,23H,3,6,8H2,1-2H3,(H2,21,24)/t16-,19+/m1/s1. The number of halogens is 1. The van der Waals surface area contributed by atoms with Gasteiger partial charge in [-0.15, -0.1) is 0 Å². The van der Waals surface area contributed by atoms with Crippen molar-refractivity contribution in [2.45, 2.75) is 38.3 Å². The van der Waals surface area contributed by atoms with E-state index in [-0.39, 0.29) is 17.8 Å². The molecule has 1 amide bonds. The molecular weight excluding hydrogens is 321 g/mol. The molecule has 0 radical (unpaired) electrons. The largest absolute Gasteiger partial charge is 0.494 e. The van der Waals surface area contributed by atoms with Crippen molar-refractivity contribution >= 4 is 5.91 Å². The lowest BCUT2D eigenvalue weighted by atomic mass is 9.99. The minimum Gasteiger partial charge on any atom is -0.494 e. The van der Waals surface area contributed by atoms with Crippen molar-refractivity contribution in [3.63, 3.8) is 0 Å². The maximum atomic E-state index is 14.3. The lowest BCUT2D eigenvalue weighted by Gasteiger charge is -2.21. The number of nitrogens with zero attached hydrogens (tertiary/aromatic N) is 1. The Bertz CT molecular complexity index is 796. The maximum Gasteiger partial charge on any atom is 0.237 e. The van der Waals surface area contributed by atoms with Crippen LogP contribution in [0.3, 0.4) is 0 Å². The smallest absolute Gasteiger partial charge is 0.237 e. The summed E-state index contributed by atoms with van der Waals surface area (Å²) in [4.78, 5) is 16.0. The zero-order valence-electron chi connectivity index (χ0n) is 14.4. The monoisotopic (exact) mass is 343 g/mol. The summed E-state index contributed by atoms with van der Waals surface area (Å²) in [6, 6.07) is 8.22. The Labute approximate surface area is 146 Å². The third kappa shape index (κ3) is 3.49. The summed E-state index contributed by atoms with van der Waals surface area (Å²) < 4.78 is 19.7. The number of ether oxygens (including phenoxy) is 1. The van der Waals surface area contributed by atoms with Crippen LogP contribution in [0.1, 0.15) is 38.4 Å². The molecule has 2 aromatic rings. The van der Waals surface area contributed by atoms with Crippen LogP contribution >= 0.6 is 0 Å². The number of hydrogen-bond donors (Lipinski definition) is 2. The molecule has 1 saturated heterocycles. The summed E-state index contributed by atoms with van der Waals surface area (Å²) in [6.07, 6.45) is 3.05. The van der Waals surface area contributed by atoms with Crippen molar-refractivity contribution in [2.24, 2.45) is 5.73 Å². The van der Waals surface area contributed by atoms with Crippen LogP contribution in [0.15, 0.2) is 36.5 Å². The third-order valence-electron chi connectivity index (χ3n) is 4.67. The predicted octanol–water partition coefficient (Wildman–Crippen LogP) is 2.95. The zero-order valence-corrected chi connectivity index (χ0v) is 14.4. The Hall–Kier alpha value is -2.47. The van der Waals surface area contributed by atoms with Gasteiger partial charge in [-0.05, 0) is 62.6 Å². The van der Waals surface area contributed by atoms with Crippen molar-refractivity contribution in [3.05, 3.63) is 48.0 Å². The molecule has 1 fully saturated rings. The minimum atomic E-state index is -0.734. The van der Waals surface area contributed by atoms with E-state index in [1.165, 1.54) is 6.07 Å². The van der Waals surface area contributed by atoms with Crippen molar-refractivity contribution in [2.75, 3.05) is 6.61 Å². The van der Waals surface area contributed by atoms with Gasteiger partial charge in [0.25, 0.3) is 0 Å². The minimum absolute atomic E-state index is 0.0874. The van der Waals surface area contributed by atoms with Crippen molar-refractivity contribution < 1.29 is 13.9 Å². The van der Waals surface area contributed by atoms with E-state index in [1.54, 1.807) is 31.3 Å². The van der Waals surface area contributed by atoms with E-state index in [4.69, 9.17) is 10.5 Å². The molecule has 25 heavy (non-hydrogen) atoms. The average molecular weight is 343 g/mol. The number of benzene rings is 1. The number of amides is 1. The van der Waals surface area contributed by atoms with Crippen molar-refractivity contribution in [3.8, 4) is 16.9 Å². The van der Waals surface area contributed by atoms with Crippen LogP contribution < -0.4 is 15.8 Å². The normalized spacial score (nSPS) is 22.8. The molecule has 6 heteroatoms. The molecule has 132 valence electrons. The fraction of sp³-hybridized carbons (Fsp3) is 0.368. The Balaban J connectivity index is 1.90. The van der Waals surface area contributed by atoms with Gasteiger partial charge in [-0.2, -0.15) is 0 Å². The molecule has 0 bridgehead atoms. The summed E-state index contributed by atoms with van der Waals surface area (Å²) in [5.74, 6) is -0.0684. The first kappa shape index (κ1) is 17.4. The van der Waals surface area contributed by atoms with Gasteiger partial charge < -0.3 is 10.5 Å². The van der Waals surface area contributed by atoms with Crippen LogP contribution in [0, 0.1) is 5.82 Å². The summed E-state index contributed by atoms with van der Waals surface area (Å²) in [7, 11) is 0. The molecule has 3 N–H and O–H groups in total. The SMILES string of the molecule is CCOc1ccc(F)c(-c2ccnc([C@H]3CC[C@@](C)(C(N)=O)N3)c2)c1. The summed E-state index contributed by atoms with van der Waals surface area (Å²) in [5, 5.41) is 3.25. The van der Waals surface area contributed by atoms with Crippen LogP contribution in [0.2, 0.25) is 0 Å². The zero-order chi connectivity index (χ0) is 18.0. The molecular formula is C19H22FN3O2. The molecule has 0 aliphatic carbocycles. The molecule has 1 aliphatic heterocycles. The number of nitrogens with two attached hydrogens (primary N) is 1. The number of carbonyl (C=O) groups excluding carboxylic acids is 1. The quantitative estimate of drug-likeness (QED) is 0.875. The highest BCUT2D eigenvalue weighted by atomic mass is 19.1. The second kappa shape index (κ2) is 6.80. The molecule has 0 unspecified atom stereocenters. The predicted molar refractivity (Wildman–Crippen MR) is 93.5 cm³/mol. The third-order valence-corrected chi connectivity index (χ3v) is 4.67. The Kier molecular flexibility index (Phi) is 4.72. The molecule has 0 saturated carbocycles. The number of nitrogens with one attached hydrogen (secondary N) is 1. The van der Waals surface area contributed by atoms with E-state index in [0.717, 1.165) is 17.7 Å². The summed E-state index contributed by atoms with van der Waals surface area (Å²) >= 11 is 0. The van der Waals surface area contributed by atoms with Gasteiger partial charge in [0.15, 0.2) is 0 Å². The van der Waals surface area contributed by atoms with Crippen LogP contribution in [0.5, 0.6) is 5.75 Å². The average Bonchev–Trinajstić information content (AvgIpc) is 3.01. The Morgan fingerprint density at radius 1 is 1.44 bits per heavy atom. The molecule has 2 atom stereocenters. The molecule has 1 aromatic carbocycles. The lowest BCUT2D eigenvalue weighted by molar-refractivity contribution is -0.123. The van der Waals surface area contributed by atoms with E-state index in [1.807, 2.05) is 13.0 Å². The van der Waals surface area contributed by atoms with Gasteiger partial charge in [-0.1, -0.05) is 0 Å². The van der Waals surface area contributed by atoms with Gasteiger partial charge >= 0.3 is 0 Å². The van der Waals surface area contributed by atoms with Gasteiger partial charge in [0.1, 0.15) is 11.6 Å². The van der Waals surface area contributed by atoms with Crippen LogP contribution in [-0.4, -0.2) is 23.0 Å². The summed E-state index contributed by atoms with van der Waals surface area (Å²) in [6.45, 7) is 4.20. The van der Waals surface area contributed by atoms with Crippen LogP contribution in [0.25, 0.3) is 11.1 Å². The number of pyridine rings is 1. The first-order valence-corrected chi connectivity index (χ1v) is 8.39. The van der Waals surface area contributed by atoms with Gasteiger partial charge in [0.2, 0.25) is 5.91 Å². The fourth-order valence-corrected chi connectivity index (χ4v) is 3.17. The molecule has 1 aliphatic rings. The molecule has 0 spiro atoms. The number of primary amides is 1. The van der Waals surface area contributed by atoms with Crippen molar-refractivity contribution in [1.29, 1.82) is 0 Å². The van der Waals surface area contributed by atoms with Crippen molar-refractivity contribution in [1.82, 2.24) is 10.3 Å². The summed E-state index contributed by atoms with van der Waals surface area (Å²) in [5.41, 5.74) is 6.69. The Morgan fingerprint density at radius 2 is 2.24 bits per heavy atom. The number of carbonyl (C=O) groups is 1. The van der Waals surface area contributed by atoms with Gasteiger partial charge in [-0.3, -0.25) is 15.1 Å². The van der Waals surface area contributed by atoms with Gasteiger partial charge in [-0.25, -0.2) is 4.39 Å². The number of hydrogen-bond acceptors (Lipinski definition) is 4. The van der Waals surface area contributed by atoms with Gasteiger partial charge in [0, 0.05) is 11.8 Å². The molecule has 5 nitrogen and oxygen atoms in total. The van der Waals surface area contributed by atoms with E-state index in [2.05, 4.69) is 10.3 Å². The first-order valence-electron chi connectivity index (χ1n) is 8.39.